The average Bonchev–Trinajstić information content (AvgIpc) is 3.59. The standard InChI is InChI=1S/C34H49N3O5S/c1-8-13-23(7)35(18-9-2)33(41)30-34-22(6)20-27(43-34)28(29(34)32(40)37(30)24(11-4)21-38)31(39)36(19-10-3)25-14-16-26(17-15-25)42-12-5/h9-10,14-17,22-24,27-30,38H,2-3,8,11-13,18-21H2,1,4-7H3/t22?,23?,24-,27+,28-,29-,30?,34?/m0/s1. The molecular formula is C34H49N3O5S. The summed E-state index contributed by atoms with van der Waals surface area (Å²) in [6.45, 7) is 18.9. The number of aliphatic hydroxyl groups excluding tert-OH is 1. The molecule has 0 radical (unpaired) electrons. The van der Waals surface area contributed by atoms with Crippen LogP contribution >= 0.6 is 11.8 Å². The lowest BCUT2D eigenvalue weighted by molar-refractivity contribution is -0.146. The van der Waals surface area contributed by atoms with Crippen LogP contribution in [0.3, 0.4) is 0 Å². The molecule has 2 bridgehead atoms. The minimum atomic E-state index is -0.762. The Kier molecular flexibility index (Phi) is 10.7. The lowest BCUT2D eigenvalue weighted by Crippen LogP contribution is -2.60. The number of likely N-dealkylation sites (tertiary alicyclic amines) is 1. The topological polar surface area (TPSA) is 90.4 Å². The highest BCUT2D eigenvalue weighted by atomic mass is 32.2. The van der Waals surface area contributed by atoms with Crippen molar-refractivity contribution >= 4 is 35.2 Å². The molecule has 0 saturated carbocycles. The molecule has 3 heterocycles. The molecule has 1 N–H and O–H groups in total. The van der Waals surface area contributed by atoms with Crippen molar-refractivity contribution in [3.05, 3.63) is 49.6 Å². The number of nitrogens with zero attached hydrogens (tertiary/aromatic N) is 3. The molecule has 1 spiro atoms. The summed E-state index contributed by atoms with van der Waals surface area (Å²) in [5.74, 6) is -0.896. The van der Waals surface area contributed by atoms with Crippen LogP contribution in [0.4, 0.5) is 5.69 Å². The molecule has 0 aliphatic carbocycles. The second-order valence-electron chi connectivity index (χ2n) is 12.1. The molecular weight excluding hydrogens is 562 g/mol. The number of carbonyl (C=O) groups excluding carboxylic acids is 3. The van der Waals surface area contributed by atoms with E-state index in [4.69, 9.17) is 4.74 Å². The number of aliphatic hydroxyl groups is 1. The van der Waals surface area contributed by atoms with Gasteiger partial charge in [0.2, 0.25) is 17.7 Å². The molecule has 0 aromatic heterocycles. The van der Waals surface area contributed by atoms with E-state index < -0.39 is 28.7 Å². The molecule has 3 amide bonds. The van der Waals surface area contributed by atoms with Gasteiger partial charge in [-0.15, -0.1) is 24.9 Å². The molecule has 4 unspecified atom stereocenters. The van der Waals surface area contributed by atoms with E-state index in [2.05, 4.69) is 27.0 Å². The van der Waals surface area contributed by atoms with E-state index in [-0.39, 0.29) is 41.5 Å². The summed E-state index contributed by atoms with van der Waals surface area (Å²) >= 11 is 1.67. The fraction of sp³-hybridized carbons (Fsp3) is 0.618. The lowest BCUT2D eigenvalue weighted by atomic mass is 9.65. The monoisotopic (exact) mass is 611 g/mol. The van der Waals surface area contributed by atoms with E-state index >= 15 is 0 Å². The van der Waals surface area contributed by atoms with Crippen LogP contribution in [-0.2, 0) is 14.4 Å². The SMILES string of the molecule is C=CCN(C(=O)[C@@H]1[C@H]2C(=O)N([C@@H](CC)CO)C(C(=O)N(CC=C)C(C)CCC)C23S[C@@H]1CC3C)c1ccc(OCC)cc1. The van der Waals surface area contributed by atoms with Gasteiger partial charge in [0.05, 0.1) is 35.8 Å². The molecule has 236 valence electrons. The van der Waals surface area contributed by atoms with Crippen LogP contribution in [0, 0.1) is 17.8 Å². The van der Waals surface area contributed by atoms with Crippen LogP contribution < -0.4 is 9.64 Å². The molecule has 43 heavy (non-hydrogen) atoms. The Bertz CT molecular complexity index is 1190. The van der Waals surface area contributed by atoms with Gasteiger partial charge in [0.15, 0.2) is 0 Å². The highest BCUT2D eigenvalue weighted by molar-refractivity contribution is 8.02. The third-order valence-corrected chi connectivity index (χ3v) is 11.7. The highest BCUT2D eigenvalue weighted by Gasteiger charge is 2.77. The summed E-state index contributed by atoms with van der Waals surface area (Å²) in [6, 6.07) is 6.11. The van der Waals surface area contributed by atoms with Crippen molar-refractivity contribution in [3.8, 4) is 5.75 Å². The molecule has 3 fully saturated rings. The molecule has 3 aliphatic heterocycles. The van der Waals surface area contributed by atoms with Gasteiger partial charge in [-0.05, 0) is 63.3 Å². The average molecular weight is 612 g/mol. The van der Waals surface area contributed by atoms with E-state index in [1.807, 2.05) is 49.9 Å². The second kappa shape index (κ2) is 13.9. The highest BCUT2D eigenvalue weighted by Crippen LogP contribution is 2.69. The van der Waals surface area contributed by atoms with Gasteiger partial charge in [-0.2, -0.15) is 0 Å². The minimum absolute atomic E-state index is 0.0313. The van der Waals surface area contributed by atoms with Crippen molar-refractivity contribution in [1.82, 2.24) is 9.80 Å². The maximum absolute atomic E-state index is 14.7. The van der Waals surface area contributed by atoms with Crippen LogP contribution in [0.1, 0.15) is 60.3 Å². The number of hydrogen-bond donors (Lipinski definition) is 1. The van der Waals surface area contributed by atoms with Crippen LogP contribution in [0.2, 0.25) is 0 Å². The summed E-state index contributed by atoms with van der Waals surface area (Å²) in [4.78, 5) is 49.1. The Morgan fingerprint density at radius 3 is 2.40 bits per heavy atom. The molecule has 4 rings (SSSR count). The number of carbonyl (C=O) groups is 3. The summed E-state index contributed by atoms with van der Waals surface area (Å²) in [5.41, 5.74) is 0.713. The fourth-order valence-corrected chi connectivity index (χ4v) is 10.1. The molecule has 3 saturated heterocycles. The summed E-state index contributed by atoms with van der Waals surface area (Å²) < 4.78 is 4.84. The predicted octanol–water partition coefficient (Wildman–Crippen LogP) is 4.92. The zero-order valence-corrected chi connectivity index (χ0v) is 27.2. The maximum atomic E-state index is 14.7. The molecule has 3 aliphatic rings. The minimum Gasteiger partial charge on any atom is -0.494 e. The summed E-state index contributed by atoms with van der Waals surface area (Å²) in [6.07, 6.45) is 6.45. The number of benzene rings is 1. The van der Waals surface area contributed by atoms with Gasteiger partial charge in [-0.1, -0.05) is 39.3 Å². The Morgan fingerprint density at radius 2 is 1.84 bits per heavy atom. The van der Waals surface area contributed by atoms with Crippen LogP contribution in [-0.4, -0.2) is 87.1 Å². The summed E-state index contributed by atoms with van der Waals surface area (Å²) in [5, 5.41) is 10.4. The smallest absolute Gasteiger partial charge is 0.247 e. The number of anilines is 1. The number of thioether (sulfide) groups is 1. The molecule has 8 atom stereocenters. The molecule has 1 aromatic rings. The largest absolute Gasteiger partial charge is 0.494 e. The fourth-order valence-electron chi connectivity index (χ4n) is 7.71. The molecule has 8 nitrogen and oxygen atoms in total. The normalized spacial score (nSPS) is 28.7. The van der Waals surface area contributed by atoms with Crippen molar-refractivity contribution in [2.75, 3.05) is 31.2 Å². The lowest BCUT2D eigenvalue weighted by Gasteiger charge is -2.43. The third kappa shape index (κ3) is 5.63. The molecule has 1 aromatic carbocycles. The van der Waals surface area contributed by atoms with E-state index in [1.54, 1.807) is 33.7 Å². The van der Waals surface area contributed by atoms with Crippen molar-refractivity contribution in [1.29, 1.82) is 0 Å². The third-order valence-electron chi connectivity index (χ3n) is 9.66. The Morgan fingerprint density at radius 1 is 1.16 bits per heavy atom. The van der Waals surface area contributed by atoms with Crippen molar-refractivity contribution in [2.45, 2.75) is 88.4 Å². The predicted molar refractivity (Wildman–Crippen MR) is 173 cm³/mol. The van der Waals surface area contributed by atoms with Gasteiger partial charge < -0.3 is 24.5 Å². The Balaban J connectivity index is 1.79. The number of ether oxygens (including phenoxy) is 1. The van der Waals surface area contributed by atoms with Crippen molar-refractivity contribution < 1.29 is 24.2 Å². The van der Waals surface area contributed by atoms with E-state index in [0.717, 1.165) is 25.0 Å². The number of amides is 3. The van der Waals surface area contributed by atoms with Crippen molar-refractivity contribution in [2.24, 2.45) is 17.8 Å². The zero-order chi connectivity index (χ0) is 31.5. The summed E-state index contributed by atoms with van der Waals surface area (Å²) in [7, 11) is 0. The number of fused-ring (bicyclic) bond motifs is 1. The first kappa shape index (κ1) is 33.1. The van der Waals surface area contributed by atoms with Crippen molar-refractivity contribution in [3.63, 3.8) is 0 Å². The number of hydrogen-bond acceptors (Lipinski definition) is 6. The first-order chi connectivity index (χ1) is 20.7. The Labute approximate surface area is 261 Å². The van der Waals surface area contributed by atoms with Gasteiger partial charge in [-0.3, -0.25) is 14.4 Å². The second-order valence-corrected chi connectivity index (χ2v) is 13.7. The van der Waals surface area contributed by atoms with Crippen LogP contribution in [0.5, 0.6) is 5.75 Å². The first-order valence-electron chi connectivity index (χ1n) is 15.8. The number of rotatable bonds is 15. The maximum Gasteiger partial charge on any atom is 0.247 e. The van der Waals surface area contributed by atoms with Gasteiger partial charge >= 0.3 is 0 Å². The van der Waals surface area contributed by atoms with E-state index in [0.29, 0.717) is 31.8 Å². The quantitative estimate of drug-likeness (QED) is 0.284. The first-order valence-corrected chi connectivity index (χ1v) is 16.7. The van der Waals surface area contributed by atoms with Crippen LogP contribution in [0.15, 0.2) is 49.6 Å². The molecule has 9 heteroatoms. The van der Waals surface area contributed by atoms with Gasteiger partial charge in [0.25, 0.3) is 0 Å². The zero-order valence-electron chi connectivity index (χ0n) is 26.4. The van der Waals surface area contributed by atoms with E-state index in [9.17, 15) is 19.5 Å². The van der Waals surface area contributed by atoms with Gasteiger partial charge in [0.1, 0.15) is 11.8 Å². The van der Waals surface area contributed by atoms with Gasteiger partial charge in [-0.25, -0.2) is 0 Å². The van der Waals surface area contributed by atoms with E-state index in [1.165, 1.54) is 0 Å². The Hall–Kier alpha value is -2.78. The van der Waals surface area contributed by atoms with Gasteiger partial charge in [0, 0.05) is 30.1 Å². The van der Waals surface area contributed by atoms with Crippen LogP contribution in [0.25, 0.3) is 0 Å².